The molecule has 1 aromatic heterocycles. The fraction of sp³-hybridized carbons (Fsp3) is 0.312. The molecule has 0 fully saturated rings. The van der Waals surface area contributed by atoms with E-state index in [1.165, 1.54) is 0 Å². The van der Waals surface area contributed by atoms with Gasteiger partial charge in [0.1, 0.15) is 0 Å². The minimum absolute atomic E-state index is 0.296. The smallest absolute Gasteiger partial charge is 0.306 e. The first-order valence-electron chi connectivity index (χ1n) is 6.79. The number of nitrogens with zero attached hydrogens (tertiary/aromatic N) is 2. The van der Waals surface area contributed by atoms with Gasteiger partial charge < -0.3 is 5.11 Å². The van der Waals surface area contributed by atoms with Gasteiger partial charge >= 0.3 is 5.97 Å². The lowest BCUT2D eigenvalue weighted by molar-refractivity contribution is -0.142. The van der Waals surface area contributed by atoms with Crippen LogP contribution < -0.4 is 0 Å². The molecule has 1 N–H and O–H groups in total. The molecule has 1 heterocycles. The molecule has 1 unspecified atom stereocenters. The second-order valence-corrected chi connectivity index (χ2v) is 5.26. The maximum Gasteiger partial charge on any atom is 0.306 e. The lowest BCUT2D eigenvalue weighted by Crippen LogP contribution is -2.23. The number of benzene rings is 1. The van der Waals surface area contributed by atoms with Crippen molar-refractivity contribution in [1.29, 1.82) is 0 Å². The molecular weight excluding hydrogens is 252 g/mol. The van der Waals surface area contributed by atoms with E-state index >= 15 is 0 Å². The number of rotatable bonds is 2. The average molecular weight is 268 g/mol. The van der Waals surface area contributed by atoms with Crippen LogP contribution in [0.4, 0.5) is 0 Å². The standard InChI is InChI=1S/C16H16N2O2/c1-10-4-2-3-5-13(10)15-17-9-12-8-11(16(19)20)6-7-14(12)18-15/h2-5,9,11H,6-8H2,1H3,(H,19,20). The zero-order valence-corrected chi connectivity index (χ0v) is 11.3. The van der Waals surface area contributed by atoms with Gasteiger partial charge in [-0.3, -0.25) is 4.79 Å². The molecular formula is C16H16N2O2. The van der Waals surface area contributed by atoms with Crippen LogP contribution in [-0.2, 0) is 17.6 Å². The summed E-state index contributed by atoms with van der Waals surface area (Å²) in [5.41, 5.74) is 4.15. The highest BCUT2D eigenvalue weighted by atomic mass is 16.4. The molecule has 1 atom stereocenters. The first kappa shape index (κ1) is 12.8. The molecule has 4 heteroatoms. The predicted molar refractivity (Wildman–Crippen MR) is 75.4 cm³/mol. The molecule has 0 aliphatic heterocycles. The zero-order valence-electron chi connectivity index (χ0n) is 11.3. The lowest BCUT2D eigenvalue weighted by atomic mass is 9.87. The maximum absolute atomic E-state index is 11.1. The van der Waals surface area contributed by atoms with Crippen molar-refractivity contribution in [2.24, 2.45) is 5.92 Å². The van der Waals surface area contributed by atoms with Crippen LogP contribution in [0.3, 0.4) is 0 Å². The van der Waals surface area contributed by atoms with Crippen molar-refractivity contribution in [1.82, 2.24) is 9.97 Å². The molecule has 102 valence electrons. The minimum atomic E-state index is -0.723. The number of hydrogen-bond acceptors (Lipinski definition) is 3. The molecule has 1 aromatic carbocycles. The van der Waals surface area contributed by atoms with E-state index in [-0.39, 0.29) is 5.92 Å². The number of hydrogen-bond donors (Lipinski definition) is 1. The van der Waals surface area contributed by atoms with Gasteiger partial charge in [0.25, 0.3) is 0 Å². The van der Waals surface area contributed by atoms with Gasteiger partial charge in [-0.25, -0.2) is 9.97 Å². The Balaban J connectivity index is 1.96. The van der Waals surface area contributed by atoms with Crippen molar-refractivity contribution in [2.45, 2.75) is 26.2 Å². The van der Waals surface area contributed by atoms with Crippen molar-refractivity contribution >= 4 is 5.97 Å². The van der Waals surface area contributed by atoms with Gasteiger partial charge in [-0.05, 0) is 37.3 Å². The summed E-state index contributed by atoms with van der Waals surface area (Å²) >= 11 is 0. The summed E-state index contributed by atoms with van der Waals surface area (Å²) in [6, 6.07) is 8.03. The number of aryl methyl sites for hydroxylation is 2. The third kappa shape index (κ3) is 2.29. The van der Waals surface area contributed by atoms with Crippen LogP contribution in [-0.4, -0.2) is 21.0 Å². The molecule has 1 aliphatic carbocycles. The number of aliphatic carboxylic acids is 1. The summed E-state index contributed by atoms with van der Waals surface area (Å²) in [6.07, 6.45) is 3.71. The van der Waals surface area contributed by atoms with Crippen LogP contribution >= 0.6 is 0 Å². The monoisotopic (exact) mass is 268 g/mol. The fourth-order valence-electron chi connectivity index (χ4n) is 2.67. The van der Waals surface area contributed by atoms with E-state index < -0.39 is 5.97 Å². The van der Waals surface area contributed by atoms with Crippen LogP contribution in [0.5, 0.6) is 0 Å². The van der Waals surface area contributed by atoms with Crippen LogP contribution in [0, 0.1) is 12.8 Å². The SMILES string of the molecule is Cc1ccccc1-c1ncc2c(n1)CCC(C(=O)O)C2. The van der Waals surface area contributed by atoms with Gasteiger partial charge in [-0.15, -0.1) is 0 Å². The highest BCUT2D eigenvalue weighted by Gasteiger charge is 2.25. The Morgan fingerprint density at radius 3 is 2.90 bits per heavy atom. The van der Waals surface area contributed by atoms with Crippen LogP contribution in [0.25, 0.3) is 11.4 Å². The second kappa shape index (κ2) is 5.04. The molecule has 1 aliphatic rings. The quantitative estimate of drug-likeness (QED) is 0.909. The fourth-order valence-corrected chi connectivity index (χ4v) is 2.67. The van der Waals surface area contributed by atoms with Crippen LogP contribution in [0.15, 0.2) is 30.5 Å². The average Bonchev–Trinajstić information content (AvgIpc) is 2.46. The summed E-state index contributed by atoms with van der Waals surface area (Å²) in [5.74, 6) is -0.287. The topological polar surface area (TPSA) is 63.1 Å². The summed E-state index contributed by atoms with van der Waals surface area (Å²) in [7, 11) is 0. The molecule has 4 nitrogen and oxygen atoms in total. The normalized spacial score (nSPS) is 17.6. The predicted octanol–water partition coefficient (Wildman–Crippen LogP) is 2.64. The first-order chi connectivity index (χ1) is 9.65. The Kier molecular flexibility index (Phi) is 3.22. The van der Waals surface area contributed by atoms with Gasteiger partial charge in [0.2, 0.25) is 0 Å². The van der Waals surface area contributed by atoms with Gasteiger partial charge in [0, 0.05) is 17.5 Å². The largest absolute Gasteiger partial charge is 0.481 e. The van der Waals surface area contributed by atoms with Crippen molar-refractivity contribution < 1.29 is 9.90 Å². The van der Waals surface area contributed by atoms with Crippen LogP contribution in [0.1, 0.15) is 23.2 Å². The molecule has 0 radical (unpaired) electrons. The maximum atomic E-state index is 11.1. The Bertz CT molecular complexity index is 667. The van der Waals surface area contributed by atoms with E-state index in [0.717, 1.165) is 28.2 Å². The van der Waals surface area contributed by atoms with E-state index in [0.29, 0.717) is 19.3 Å². The number of carboxylic acids is 1. The van der Waals surface area contributed by atoms with E-state index in [9.17, 15) is 4.79 Å². The zero-order chi connectivity index (χ0) is 14.1. The second-order valence-electron chi connectivity index (χ2n) is 5.26. The van der Waals surface area contributed by atoms with Gasteiger partial charge in [0.05, 0.1) is 5.92 Å². The molecule has 20 heavy (non-hydrogen) atoms. The summed E-state index contributed by atoms with van der Waals surface area (Å²) < 4.78 is 0. The van der Waals surface area contributed by atoms with Gasteiger partial charge in [-0.2, -0.15) is 0 Å². The molecule has 0 saturated carbocycles. The van der Waals surface area contributed by atoms with Crippen molar-refractivity contribution in [2.75, 3.05) is 0 Å². The highest BCUT2D eigenvalue weighted by molar-refractivity contribution is 5.71. The summed E-state index contributed by atoms with van der Waals surface area (Å²) in [5, 5.41) is 9.09. The first-order valence-corrected chi connectivity index (χ1v) is 6.79. The molecule has 0 spiro atoms. The Labute approximate surface area is 117 Å². The van der Waals surface area contributed by atoms with Gasteiger partial charge in [0.15, 0.2) is 5.82 Å². The number of carbonyl (C=O) groups is 1. The molecule has 0 bridgehead atoms. The number of fused-ring (bicyclic) bond motifs is 1. The Morgan fingerprint density at radius 1 is 1.35 bits per heavy atom. The minimum Gasteiger partial charge on any atom is -0.481 e. The van der Waals surface area contributed by atoms with Crippen molar-refractivity contribution in [3.05, 3.63) is 47.3 Å². The molecule has 2 aromatic rings. The lowest BCUT2D eigenvalue weighted by Gasteiger charge is -2.20. The number of aromatic nitrogens is 2. The third-order valence-electron chi connectivity index (χ3n) is 3.89. The molecule has 0 saturated heterocycles. The van der Waals surface area contributed by atoms with E-state index in [2.05, 4.69) is 9.97 Å². The summed E-state index contributed by atoms with van der Waals surface area (Å²) in [4.78, 5) is 20.1. The Hall–Kier alpha value is -2.23. The molecule has 3 rings (SSSR count). The summed E-state index contributed by atoms with van der Waals surface area (Å²) in [6.45, 7) is 2.04. The van der Waals surface area contributed by atoms with Crippen molar-refractivity contribution in [3.8, 4) is 11.4 Å². The Morgan fingerprint density at radius 2 is 2.15 bits per heavy atom. The van der Waals surface area contributed by atoms with E-state index in [1.54, 1.807) is 6.20 Å². The van der Waals surface area contributed by atoms with Gasteiger partial charge in [-0.1, -0.05) is 24.3 Å². The van der Waals surface area contributed by atoms with Crippen LogP contribution in [0.2, 0.25) is 0 Å². The number of carboxylic acid groups (broad SMARTS) is 1. The van der Waals surface area contributed by atoms with E-state index in [4.69, 9.17) is 5.11 Å². The third-order valence-corrected chi connectivity index (χ3v) is 3.89. The highest BCUT2D eigenvalue weighted by Crippen LogP contribution is 2.27. The molecule has 0 amide bonds. The van der Waals surface area contributed by atoms with Crippen molar-refractivity contribution in [3.63, 3.8) is 0 Å². The van der Waals surface area contributed by atoms with E-state index in [1.807, 2.05) is 31.2 Å².